The Labute approximate surface area is 106 Å². The van der Waals surface area contributed by atoms with Crippen LogP contribution in [0.15, 0.2) is 6.20 Å². The number of rotatable bonds is 4. The van der Waals surface area contributed by atoms with Crippen LogP contribution in [-0.4, -0.2) is 23.9 Å². The van der Waals surface area contributed by atoms with Gasteiger partial charge in [0.15, 0.2) is 11.4 Å². The van der Waals surface area contributed by atoms with Gasteiger partial charge in [0.1, 0.15) is 0 Å². The average Bonchev–Trinajstić information content (AvgIpc) is 2.30. The van der Waals surface area contributed by atoms with Crippen LogP contribution in [0.25, 0.3) is 0 Å². The van der Waals surface area contributed by atoms with Crippen LogP contribution in [0.1, 0.15) is 23.0 Å². The quantitative estimate of drug-likeness (QED) is 0.803. The maximum atomic E-state index is 12.3. The molecule has 0 aliphatic rings. The largest absolute Gasteiger partial charge is 0.573 e. The van der Waals surface area contributed by atoms with Gasteiger partial charge in [-0.15, -0.1) is 13.2 Å². The lowest BCUT2D eigenvalue weighted by Crippen LogP contribution is -2.22. The molecule has 4 N–H and O–H groups in total. The molecule has 0 spiro atoms. The molecule has 0 bridgehead atoms. The van der Waals surface area contributed by atoms with Crippen LogP contribution in [0.3, 0.4) is 0 Å². The number of carbonyl (C=O) groups is 1. The molecule has 0 atom stereocenters. The molecule has 0 aromatic carbocycles. The third-order valence-electron chi connectivity index (χ3n) is 2.05. The minimum absolute atomic E-state index is 0.0460. The van der Waals surface area contributed by atoms with Crippen molar-refractivity contribution in [2.24, 2.45) is 5.73 Å². The van der Waals surface area contributed by atoms with Gasteiger partial charge in [0.2, 0.25) is 0 Å². The highest BCUT2D eigenvalue weighted by atomic mass is 19.4. The van der Waals surface area contributed by atoms with Gasteiger partial charge < -0.3 is 20.9 Å². The first-order chi connectivity index (χ1) is 8.80. The SMILES string of the molecule is CCOC(=O)c1ncc(N)c(OC(F)(F)F)c1CN. The Morgan fingerprint density at radius 3 is 2.58 bits per heavy atom. The number of ether oxygens (including phenoxy) is 2. The van der Waals surface area contributed by atoms with Crippen LogP contribution in [-0.2, 0) is 11.3 Å². The van der Waals surface area contributed by atoms with Crippen molar-refractivity contribution >= 4 is 11.7 Å². The number of aromatic nitrogens is 1. The third-order valence-corrected chi connectivity index (χ3v) is 2.05. The molecule has 0 unspecified atom stereocenters. The van der Waals surface area contributed by atoms with E-state index < -0.39 is 24.6 Å². The Hall–Kier alpha value is -2.03. The lowest BCUT2D eigenvalue weighted by Gasteiger charge is -2.16. The second kappa shape index (κ2) is 5.74. The van der Waals surface area contributed by atoms with Crippen LogP contribution in [0, 0.1) is 0 Å². The van der Waals surface area contributed by atoms with Crippen LogP contribution in [0.2, 0.25) is 0 Å². The Kier molecular flexibility index (Phi) is 4.54. The van der Waals surface area contributed by atoms with Gasteiger partial charge in [0, 0.05) is 12.1 Å². The molecule has 0 saturated heterocycles. The molecule has 0 fully saturated rings. The minimum atomic E-state index is -4.95. The molecular formula is C10H12F3N3O3. The first-order valence-electron chi connectivity index (χ1n) is 5.20. The van der Waals surface area contributed by atoms with E-state index in [1.807, 2.05) is 0 Å². The first kappa shape index (κ1) is 15.0. The van der Waals surface area contributed by atoms with E-state index in [1.54, 1.807) is 6.92 Å². The number of esters is 1. The van der Waals surface area contributed by atoms with E-state index in [2.05, 4.69) is 14.5 Å². The molecule has 0 saturated carbocycles. The summed E-state index contributed by atoms with van der Waals surface area (Å²) in [6.45, 7) is 1.19. The van der Waals surface area contributed by atoms with Gasteiger partial charge in [-0.1, -0.05) is 0 Å². The summed E-state index contributed by atoms with van der Waals surface area (Å²) in [6.07, 6.45) is -4.07. The lowest BCUT2D eigenvalue weighted by atomic mass is 10.1. The number of hydrogen-bond donors (Lipinski definition) is 2. The standard InChI is InChI=1S/C10H12F3N3O3/c1-2-18-9(17)7-5(3-14)8(6(15)4-16-7)19-10(11,12)13/h4H,2-3,14-15H2,1H3. The van der Waals surface area contributed by atoms with Crippen molar-refractivity contribution < 1.29 is 27.4 Å². The highest BCUT2D eigenvalue weighted by molar-refractivity contribution is 5.90. The monoisotopic (exact) mass is 279 g/mol. The van der Waals surface area contributed by atoms with Crippen molar-refractivity contribution in [3.63, 3.8) is 0 Å². The number of halogens is 3. The van der Waals surface area contributed by atoms with Crippen molar-refractivity contribution in [3.05, 3.63) is 17.5 Å². The summed E-state index contributed by atoms with van der Waals surface area (Å²) >= 11 is 0. The Morgan fingerprint density at radius 1 is 1.47 bits per heavy atom. The van der Waals surface area contributed by atoms with Crippen LogP contribution in [0.5, 0.6) is 5.75 Å². The van der Waals surface area contributed by atoms with Crippen LogP contribution < -0.4 is 16.2 Å². The number of carbonyl (C=O) groups excluding carboxylic acids is 1. The fraction of sp³-hybridized carbons (Fsp3) is 0.400. The van der Waals surface area contributed by atoms with E-state index in [9.17, 15) is 18.0 Å². The topological polar surface area (TPSA) is 100 Å². The molecule has 1 aromatic rings. The maximum Gasteiger partial charge on any atom is 0.573 e. The summed E-state index contributed by atoms with van der Waals surface area (Å²) in [5.41, 5.74) is 9.70. The molecule has 19 heavy (non-hydrogen) atoms. The normalized spacial score (nSPS) is 11.2. The van der Waals surface area contributed by atoms with Gasteiger partial charge in [-0.3, -0.25) is 0 Å². The molecule has 6 nitrogen and oxygen atoms in total. The van der Waals surface area contributed by atoms with Crippen molar-refractivity contribution in [2.75, 3.05) is 12.3 Å². The fourth-order valence-electron chi connectivity index (χ4n) is 1.35. The molecule has 1 heterocycles. The van der Waals surface area contributed by atoms with Crippen molar-refractivity contribution in [1.82, 2.24) is 4.98 Å². The van der Waals surface area contributed by atoms with Gasteiger partial charge in [-0.25, -0.2) is 9.78 Å². The molecule has 1 rings (SSSR count). The van der Waals surface area contributed by atoms with Crippen molar-refractivity contribution in [3.8, 4) is 5.75 Å². The van der Waals surface area contributed by atoms with E-state index in [0.29, 0.717) is 0 Å². The average molecular weight is 279 g/mol. The molecule has 1 aromatic heterocycles. The van der Waals surface area contributed by atoms with Gasteiger partial charge in [0.25, 0.3) is 0 Å². The van der Waals surface area contributed by atoms with E-state index in [1.165, 1.54) is 0 Å². The van der Waals surface area contributed by atoms with Crippen LogP contribution >= 0.6 is 0 Å². The summed E-state index contributed by atoms with van der Waals surface area (Å²) in [5.74, 6) is -1.62. The van der Waals surface area contributed by atoms with Crippen molar-refractivity contribution in [2.45, 2.75) is 19.8 Å². The zero-order chi connectivity index (χ0) is 14.6. The maximum absolute atomic E-state index is 12.3. The third kappa shape index (κ3) is 3.71. The second-order valence-corrected chi connectivity index (χ2v) is 3.34. The van der Waals surface area contributed by atoms with Gasteiger partial charge in [0.05, 0.1) is 18.5 Å². The molecular weight excluding hydrogens is 267 g/mol. The predicted molar refractivity (Wildman–Crippen MR) is 59.2 cm³/mol. The number of pyridine rings is 1. The molecule has 9 heteroatoms. The number of anilines is 1. The van der Waals surface area contributed by atoms with Gasteiger partial charge in [-0.05, 0) is 6.92 Å². The molecule has 0 aliphatic heterocycles. The number of nitrogen functional groups attached to an aromatic ring is 1. The highest BCUT2D eigenvalue weighted by Crippen LogP contribution is 2.33. The summed E-state index contributed by atoms with van der Waals surface area (Å²) in [5, 5.41) is 0. The molecule has 0 aliphatic carbocycles. The smallest absolute Gasteiger partial charge is 0.461 e. The second-order valence-electron chi connectivity index (χ2n) is 3.34. The number of alkyl halides is 3. The zero-order valence-electron chi connectivity index (χ0n) is 9.95. The minimum Gasteiger partial charge on any atom is -0.461 e. The van der Waals surface area contributed by atoms with Gasteiger partial charge in [-0.2, -0.15) is 0 Å². The summed E-state index contributed by atoms with van der Waals surface area (Å²) in [6, 6.07) is 0. The number of nitrogens with two attached hydrogens (primary N) is 2. The number of hydrogen-bond acceptors (Lipinski definition) is 6. The Morgan fingerprint density at radius 2 is 2.11 bits per heavy atom. The van der Waals surface area contributed by atoms with E-state index in [4.69, 9.17) is 11.5 Å². The first-order valence-corrected chi connectivity index (χ1v) is 5.20. The zero-order valence-corrected chi connectivity index (χ0v) is 9.95. The number of nitrogens with zero attached hydrogens (tertiary/aromatic N) is 1. The molecule has 0 amide bonds. The van der Waals surface area contributed by atoms with E-state index in [-0.39, 0.29) is 23.6 Å². The highest BCUT2D eigenvalue weighted by Gasteiger charge is 2.34. The molecule has 106 valence electrons. The van der Waals surface area contributed by atoms with E-state index in [0.717, 1.165) is 6.20 Å². The van der Waals surface area contributed by atoms with Crippen LogP contribution in [0.4, 0.5) is 18.9 Å². The Balaban J connectivity index is 3.29. The fourth-order valence-corrected chi connectivity index (χ4v) is 1.35. The van der Waals surface area contributed by atoms with E-state index >= 15 is 0 Å². The van der Waals surface area contributed by atoms with Gasteiger partial charge >= 0.3 is 12.3 Å². The summed E-state index contributed by atoms with van der Waals surface area (Å²) in [7, 11) is 0. The predicted octanol–water partition coefficient (Wildman–Crippen LogP) is 1.20. The summed E-state index contributed by atoms with van der Waals surface area (Å²) in [4.78, 5) is 15.2. The molecule has 0 radical (unpaired) electrons. The lowest BCUT2D eigenvalue weighted by molar-refractivity contribution is -0.274. The summed E-state index contributed by atoms with van der Waals surface area (Å²) < 4.78 is 45.2. The van der Waals surface area contributed by atoms with Crippen molar-refractivity contribution in [1.29, 1.82) is 0 Å². The Bertz CT molecular complexity index is 477.